The first kappa shape index (κ1) is 37.8. The zero-order valence-electron chi connectivity index (χ0n) is 32.9. The van der Waals surface area contributed by atoms with Crippen LogP contribution in [0.1, 0.15) is 91.6 Å². The van der Waals surface area contributed by atoms with E-state index in [2.05, 4.69) is 71.0 Å². The number of aromatic nitrogens is 2. The number of nitrogens with zero attached hydrogens (tertiary/aromatic N) is 4. The Morgan fingerprint density at radius 3 is 2.11 bits per heavy atom. The highest BCUT2D eigenvalue weighted by Gasteiger charge is 2.40. The molecular formula is C44H52N6O5. The van der Waals surface area contributed by atoms with E-state index < -0.39 is 11.2 Å². The molecule has 1 aromatic heterocycles. The highest BCUT2D eigenvalue weighted by molar-refractivity contribution is 6.03. The maximum absolute atomic E-state index is 13.2. The van der Waals surface area contributed by atoms with Gasteiger partial charge >= 0.3 is 12.2 Å². The SMILES string of the molecule is CC(=O)NC[C@H]1C[C@@H](c2ncc(-c3ccc(-c4ccc5cc(C6=CN=C([C@@H]7CCCN7C(=O)OC(C)(C)C)C6)ccc5c4)cc3)[nH]2)N(C(=O)OC(C)(C)C)C1. The number of carbonyl (C=O) groups is 3. The van der Waals surface area contributed by atoms with E-state index in [0.717, 1.165) is 69.3 Å². The normalized spacial score (nSPS) is 20.1. The first-order valence-electron chi connectivity index (χ1n) is 19.3. The number of ether oxygens (including phenoxy) is 2. The molecule has 3 aliphatic rings. The maximum atomic E-state index is 13.2. The van der Waals surface area contributed by atoms with Crippen molar-refractivity contribution in [2.24, 2.45) is 10.9 Å². The van der Waals surface area contributed by atoms with Crippen molar-refractivity contribution in [2.75, 3.05) is 19.6 Å². The summed E-state index contributed by atoms with van der Waals surface area (Å²) in [6, 6.07) is 21.2. The Morgan fingerprint density at radius 1 is 0.818 bits per heavy atom. The number of rotatable bonds is 7. The average molecular weight is 745 g/mol. The van der Waals surface area contributed by atoms with Gasteiger partial charge in [-0.3, -0.25) is 19.6 Å². The van der Waals surface area contributed by atoms with E-state index in [0.29, 0.717) is 31.9 Å². The minimum absolute atomic E-state index is 0.0231. The Kier molecular flexibility index (Phi) is 10.3. The van der Waals surface area contributed by atoms with E-state index in [4.69, 9.17) is 19.5 Å². The predicted molar refractivity (Wildman–Crippen MR) is 215 cm³/mol. The van der Waals surface area contributed by atoms with E-state index >= 15 is 0 Å². The smallest absolute Gasteiger partial charge is 0.410 e. The number of imidazole rings is 1. The number of amides is 3. The minimum Gasteiger partial charge on any atom is -0.444 e. The van der Waals surface area contributed by atoms with Gasteiger partial charge in [0.15, 0.2) is 0 Å². The largest absolute Gasteiger partial charge is 0.444 e. The topological polar surface area (TPSA) is 129 Å². The molecule has 0 bridgehead atoms. The molecule has 2 saturated heterocycles. The fourth-order valence-electron chi connectivity index (χ4n) is 7.74. The van der Waals surface area contributed by atoms with Gasteiger partial charge in [-0.2, -0.15) is 0 Å². The number of hydrogen-bond donors (Lipinski definition) is 2. The second-order valence-corrected chi connectivity index (χ2v) is 17.0. The van der Waals surface area contributed by atoms with Crippen molar-refractivity contribution in [2.45, 2.75) is 97.4 Å². The summed E-state index contributed by atoms with van der Waals surface area (Å²) in [4.78, 5) is 54.2. The van der Waals surface area contributed by atoms with Gasteiger partial charge < -0.3 is 19.8 Å². The summed E-state index contributed by atoms with van der Waals surface area (Å²) in [6.45, 7) is 14.4. The Hall–Kier alpha value is -5.45. The number of aromatic amines is 1. The van der Waals surface area contributed by atoms with Crippen molar-refractivity contribution in [1.29, 1.82) is 0 Å². The minimum atomic E-state index is -0.626. The van der Waals surface area contributed by atoms with E-state index in [1.54, 1.807) is 4.90 Å². The third-order valence-corrected chi connectivity index (χ3v) is 10.3. The molecule has 0 aliphatic carbocycles. The Balaban J connectivity index is 1.01. The molecule has 2 fully saturated rings. The van der Waals surface area contributed by atoms with Gasteiger partial charge in [0, 0.05) is 44.9 Å². The lowest BCUT2D eigenvalue weighted by Gasteiger charge is -2.28. The number of aliphatic imine (C=N–C) groups is 1. The van der Waals surface area contributed by atoms with E-state index in [-0.39, 0.29) is 36.1 Å². The van der Waals surface area contributed by atoms with Crippen LogP contribution in [0.25, 0.3) is 38.7 Å². The van der Waals surface area contributed by atoms with Crippen LogP contribution in [0, 0.1) is 5.92 Å². The summed E-state index contributed by atoms with van der Waals surface area (Å²) < 4.78 is 11.4. The zero-order valence-corrected chi connectivity index (χ0v) is 32.9. The molecule has 11 heteroatoms. The van der Waals surface area contributed by atoms with Crippen LogP contribution in [0.2, 0.25) is 0 Å². The maximum Gasteiger partial charge on any atom is 0.410 e. The van der Waals surface area contributed by atoms with Crippen LogP contribution in [0.4, 0.5) is 9.59 Å². The Bertz CT molecular complexity index is 2160. The van der Waals surface area contributed by atoms with Crippen LogP contribution in [0.3, 0.4) is 0 Å². The molecular weight excluding hydrogens is 693 g/mol. The van der Waals surface area contributed by atoms with Gasteiger partial charge in [-0.05, 0) is 117 Å². The van der Waals surface area contributed by atoms with E-state index in [9.17, 15) is 14.4 Å². The molecule has 3 atom stereocenters. The zero-order chi connectivity index (χ0) is 39.1. The molecule has 0 saturated carbocycles. The predicted octanol–water partition coefficient (Wildman–Crippen LogP) is 8.92. The molecule has 4 aromatic rings. The molecule has 0 spiro atoms. The first-order chi connectivity index (χ1) is 26.1. The summed E-state index contributed by atoms with van der Waals surface area (Å²) in [5, 5.41) is 5.20. The van der Waals surface area contributed by atoms with Gasteiger partial charge in [-0.15, -0.1) is 0 Å². The Labute approximate surface area is 323 Å². The van der Waals surface area contributed by atoms with Gasteiger partial charge in [-0.25, -0.2) is 14.6 Å². The third kappa shape index (κ3) is 8.77. The van der Waals surface area contributed by atoms with Gasteiger partial charge in [0.25, 0.3) is 0 Å². The lowest BCUT2D eigenvalue weighted by Crippen LogP contribution is -2.43. The van der Waals surface area contributed by atoms with Crippen LogP contribution in [-0.4, -0.2) is 80.5 Å². The van der Waals surface area contributed by atoms with Crippen molar-refractivity contribution in [3.05, 3.63) is 84.4 Å². The lowest BCUT2D eigenvalue weighted by atomic mass is 9.95. The van der Waals surface area contributed by atoms with Crippen molar-refractivity contribution in [1.82, 2.24) is 25.1 Å². The first-order valence-corrected chi connectivity index (χ1v) is 19.3. The monoisotopic (exact) mass is 744 g/mol. The number of allylic oxidation sites excluding steroid dienone is 1. The van der Waals surface area contributed by atoms with Crippen molar-refractivity contribution >= 4 is 40.2 Å². The second-order valence-electron chi connectivity index (χ2n) is 17.0. The fourth-order valence-corrected chi connectivity index (χ4v) is 7.74. The van der Waals surface area contributed by atoms with E-state index in [1.807, 2.05) is 58.8 Å². The van der Waals surface area contributed by atoms with Crippen LogP contribution < -0.4 is 5.32 Å². The van der Waals surface area contributed by atoms with Crippen LogP contribution >= 0.6 is 0 Å². The van der Waals surface area contributed by atoms with Gasteiger partial charge in [0.05, 0.1) is 24.0 Å². The van der Waals surface area contributed by atoms with Gasteiger partial charge in [0.2, 0.25) is 5.91 Å². The average Bonchev–Trinajstić information content (AvgIpc) is 3.95. The van der Waals surface area contributed by atoms with Crippen molar-refractivity contribution in [3.8, 4) is 22.4 Å². The second kappa shape index (κ2) is 15.0. The van der Waals surface area contributed by atoms with Gasteiger partial charge in [-0.1, -0.05) is 48.5 Å². The molecule has 0 unspecified atom stereocenters. The van der Waals surface area contributed by atoms with Crippen LogP contribution in [0.5, 0.6) is 0 Å². The number of hydrogen-bond acceptors (Lipinski definition) is 7. The number of carbonyl (C=O) groups excluding carboxylic acids is 3. The molecule has 11 nitrogen and oxygen atoms in total. The summed E-state index contributed by atoms with van der Waals surface area (Å²) >= 11 is 0. The summed E-state index contributed by atoms with van der Waals surface area (Å²) in [5.74, 6) is 0.692. The van der Waals surface area contributed by atoms with Gasteiger partial charge in [0.1, 0.15) is 17.0 Å². The summed E-state index contributed by atoms with van der Waals surface area (Å²) in [5.41, 5.74) is 6.24. The van der Waals surface area contributed by atoms with Crippen molar-refractivity contribution in [3.63, 3.8) is 0 Å². The number of nitrogens with one attached hydrogen (secondary N) is 2. The lowest BCUT2D eigenvalue weighted by molar-refractivity contribution is -0.119. The highest BCUT2D eigenvalue weighted by Crippen LogP contribution is 2.37. The number of likely N-dealkylation sites (tertiary alicyclic amines) is 2. The molecule has 7 rings (SSSR count). The number of fused-ring (bicyclic) bond motifs is 1. The molecule has 4 heterocycles. The molecule has 3 aromatic carbocycles. The molecule has 0 radical (unpaired) electrons. The number of H-pyrrole nitrogens is 1. The number of benzene rings is 3. The molecule has 3 amide bonds. The molecule has 288 valence electrons. The summed E-state index contributed by atoms with van der Waals surface area (Å²) in [7, 11) is 0. The van der Waals surface area contributed by atoms with Crippen molar-refractivity contribution < 1.29 is 23.9 Å². The third-order valence-electron chi connectivity index (χ3n) is 10.3. The molecule has 3 aliphatic heterocycles. The molecule has 55 heavy (non-hydrogen) atoms. The van der Waals surface area contributed by atoms with E-state index in [1.165, 1.54) is 6.92 Å². The standard InChI is InChI=1S/C44H52N6O5/c1-27(51)45-23-28-19-39(50(26-28)42(53)55-44(5,6)7)40-47-25-37(48-40)30-12-10-29(11-13-30)31-14-15-33-21-34(17-16-32(33)20-31)35-22-36(46-24-35)38-9-8-18-49(38)41(52)54-43(2,3)4/h10-17,20-21,24-25,28,38-39H,8-9,18-19,22-23,26H2,1-7H3,(H,45,51)(H,47,48)/t28-,38+,39+/m1/s1. The Morgan fingerprint density at radius 2 is 1.44 bits per heavy atom. The van der Waals surface area contributed by atoms with Crippen LogP contribution in [0.15, 0.2) is 78.1 Å². The quantitative estimate of drug-likeness (QED) is 0.195. The summed E-state index contributed by atoms with van der Waals surface area (Å²) in [6.07, 6.45) is 6.35. The molecule has 2 N–H and O–H groups in total. The fraction of sp³-hybridized carbons (Fsp3) is 0.432. The van der Waals surface area contributed by atoms with Crippen LogP contribution in [-0.2, 0) is 14.3 Å². The highest BCUT2D eigenvalue weighted by atomic mass is 16.6.